The lowest BCUT2D eigenvalue weighted by atomic mass is 9.93. The predicted molar refractivity (Wildman–Crippen MR) is 76.0 cm³/mol. The maximum absolute atomic E-state index is 11.2. The summed E-state index contributed by atoms with van der Waals surface area (Å²) in [5, 5.41) is 11.3. The summed E-state index contributed by atoms with van der Waals surface area (Å²) >= 11 is 0. The van der Waals surface area contributed by atoms with Gasteiger partial charge in [0.1, 0.15) is 6.04 Å². The van der Waals surface area contributed by atoms with Crippen molar-refractivity contribution in [1.82, 2.24) is 4.90 Å². The molecule has 0 aliphatic heterocycles. The van der Waals surface area contributed by atoms with Crippen LogP contribution < -0.4 is 5.73 Å². The van der Waals surface area contributed by atoms with E-state index < -0.39 is 12.0 Å². The lowest BCUT2D eigenvalue weighted by Gasteiger charge is -2.29. The van der Waals surface area contributed by atoms with Gasteiger partial charge in [0.05, 0.1) is 6.04 Å². The highest BCUT2D eigenvalue weighted by molar-refractivity contribution is 5.87. The molecule has 0 radical (unpaired) electrons. The Morgan fingerprint density at radius 2 is 1.79 bits per heavy atom. The van der Waals surface area contributed by atoms with Gasteiger partial charge in [-0.25, -0.2) is 0 Å². The number of nitrogens with two attached hydrogens (primary N) is 1. The lowest BCUT2D eigenvalue weighted by Crippen LogP contribution is -2.43. The Labute approximate surface area is 112 Å². The number of hydrogen-bond donors (Lipinski definition) is 2. The summed E-state index contributed by atoms with van der Waals surface area (Å²) in [6, 6.07) is 12.5. The van der Waals surface area contributed by atoms with E-state index >= 15 is 0 Å². The zero-order chi connectivity index (χ0) is 14.0. The minimum atomic E-state index is -0.994. The van der Waals surface area contributed by atoms with Gasteiger partial charge in [0, 0.05) is 0 Å². The molecule has 0 fully saturated rings. The average Bonchev–Trinajstić information content (AvgIpc) is 2.38. The fraction of sp³-hybridized carbons (Fsp3) is 0.267. The van der Waals surface area contributed by atoms with E-state index in [9.17, 15) is 9.90 Å². The summed E-state index contributed by atoms with van der Waals surface area (Å²) in [5.74, 6) is -0.994. The van der Waals surface area contributed by atoms with E-state index in [2.05, 4.69) is 0 Å². The summed E-state index contributed by atoms with van der Waals surface area (Å²) in [7, 11) is 3.68. The molecular weight excluding hydrogens is 240 g/mol. The smallest absolute Gasteiger partial charge is 0.322 e. The molecule has 2 rings (SSSR count). The first-order valence-corrected chi connectivity index (χ1v) is 6.15. The van der Waals surface area contributed by atoms with Gasteiger partial charge in [0.15, 0.2) is 0 Å². The molecule has 0 aliphatic rings. The van der Waals surface area contributed by atoms with Crippen LogP contribution in [0, 0.1) is 0 Å². The van der Waals surface area contributed by atoms with E-state index in [-0.39, 0.29) is 6.04 Å². The second kappa shape index (κ2) is 5.38. The number of rotatable bonds is 4. The minimum absolute atomic E-state index is 0.358. The molecule has 2 aromatic rings. The zero-order valence-corrected chi connectivity index (χ0v) is 11.1. The number of fused-ring (bicyclic) bond motifs is 1. The van der Waals surface area contributed by atoms with E-state index in [1.807, 2.05) is 61.5 Å². The van der Waals surface area contributed by atoms with E-state index in [0.29, 0.717) is 0 Å². The number of likely N-dealkylation sites (N-methyl/N-ethyl adjacent to an activating group) is 1. The lowest BCUT2D eigenvalue weighted by molar-refractivity contribution is -0.140. The van der Waals surface area contributed by atoms with Gasteiger partial charge >= 0.3 is 5.97 Å². The maximum atomic E-state index is 11.2. The van der Waals surface area contributed by atoms with Crippen molar-refractivity contribution in [2.24, 2.45) is 5.73 Å². The van der Waals surface area contributed by atoms with Crippen LogP contribution >= 0.6 is 0 Å². The van der Waals surface area contributed by atoms with Crippen LogP contribution in [0.3, 0.4) is 0 Å². The fourth-order valence-corrected chi connectivity index (χ4v) is 2.44. The Kier molecular flexibility index (Phi) is 3.83. The molecule has 0 amide bonds. The third-order valence-corrected chi connectivity index (χ3v) is 3.32. The first-order valence-electron chi connectivity index (χ1n) is 6.15. The van der Waals surface area contributed by atoms with Gasteiger partial charge in [-0.05, 0) is 30.4 Å². The number of hydrogen-bond acceptors (Lipinski definition) is 3. The van der Waals surface area contributed by atoms with Crippen molar-refractivity contribution >= 4 is 16.7 Å². The molecule has 0 spiro atoms. The molecular formula is C15H18N2O2. The van der Waals surface area contributed by atoms with Gasteiger partial charge in [-0.1, -0.05) is 42.5 Å². The maximum Gasteiger partial charge on any atom is 0.322 e. The number of carboxylic acid groups (broad SMARTS) is 1. The van der Waals surface area contributed by atoms with Crippen molar-refractivity contribution in [1.29, 1.82) is 0 Å². The van der Waals surface area contributed by atoms with Crippen LogP contribution in [0.2, 0.25) is 0 Å². The second-order valence-corrected chi connectivity index (χ2v) is 4.84. The van der Waals surface area contributed by atoms with Gasteiger partial charge in [0.2, 0.25) is 0 Å². The monoisotopic (exact) mass is 258 g/mol. The van der Waals surface area contributed by atoms with Crippen molar-refractivity contribution in [3.05, 3.63) is 48.0 Å². The van der Waals surface area contributed by atoms with Crippen molar-refractivity contribution in [2.75, 3.05) is 14.1 Å². The highest BCUT2D eigenvalue weighted by Crippen LogP contribution is 2.28. The van der Waals surface area contributed by atoms with Crippen molar-refractivity contribution in [3.63, 3.8) is 0 Å². The Balaban J connectivity index is 2.60. The van der Waals surface area contributed by atoms with Crippen molar-refractivity contribution in [3.8, 4) is 0 Å². The molecule has 0 saturated carbocycles. The van der Waals surface area contributed by atoms with Gasteiger partial charge in [-0.15, -0.1) is 0 Å². The molecule has 0 aliphatic carbocycles. The number of nitrogens with zero attached hydrogens (tertiary/aromatic N) is 1. The van der Waals surface area contributed by atoms with Gasteiger partial charge in [-0.2, -0.15) is 0 Å². The Bertz CT molecular complexity index is 590. The van der Waals surface area contributed by atoms with E-state index in [1.165, 1.54) is 0 Å². The quantitative estimate of drug-likeness (QED) is 0.878. The van der Waals surface area contributed by atoms with Crippen LogP contribution in [-0.4, -0.2) is 36.1 Å². The van der Waals surface area contributed by atoms with E-state index in [0.717, 1.165) is 16.3 Å². The molecule has 100 valence electrons. The van der Waals surface area contributed by atoms with E-state index in [4.69, 9.17) is 5.73 Å². The first kappa shape index (κ1) is 13.5. The zero-order valence-electron chi connectivity index (χ0n) is 11.1. The topological polar surface area (TPSA) is 66.6 Å². The largest absolute Gasteiger partial charge is 0.480 e. The molecule has 0 heterocycles. The summed E-state index contributed by atoms with van der Waals surface area (Å²) in [5.41, 5.74) is 6.79. The van der Waals surface area contributed by atoms with Gasteiger partial charge in [0.25, 0.3) is 0 Å². The number of benzene rings is 2. The van der Waals surface area contributed by atoms with Gasteiger partial charge < -0.3 is 15.7 Å². The summed E-state index contributed by atoms with van der Waals surface area (Å²) in [6.45, 7) is 0. The third kappa shape index (κ3) is 2.59. The van der Waals surface area contributed by atoms with Crippen molar-refractivity contribution < 1.29 is 9.90 Å². The Morgan fingerprint density at radius 1 is 1.16 bits per heavy atom. The minimum Gasteiger partial charge on any atom is -0.480 e. The van der Waals surface area contributed by atoms with Crippen LogP contribution in [0.5, 0.6) is 0 Å². The Hall–Kier alpha value is -1.91. The van der Waals surface area contributed by atoms with Gasteiger partial charge in [-0.3, -0.25) is 4.79 Å². The number of carbonyl (C=O) groups is 1. The normalized spacial score (nSPS) is 14.5. The Morgan fingerprint density at radius 3 is 2.42 bits per heavy atom. The SMILES string of the molecule is CN(C)C(c1cccc2ccccc12)C(N)C(=O)O. The molecule has 0 saturated heterocycles. The molecule has 2 atom stereocenters. The third-order valence-electron chi connectivity index (χ3n) is 3.32. The van der Waals surface area contributed by atoms with Crippen LogP contribution in [0.4, 0.5) is 0 Å². The molecule has 0 aromatic heterocycles. The summed E-state index contributed by atoms with van der Waals surface area (Å²) in [4.78, 5) is 13.1. The van der Waals surface area contributed by atoms with Crippen LogP contribution in [0.1, 0.15) is 11.6 Å². The average molecular weight is 258 g/mol. The highest BCUT2D eigenvalue weighted by atomic mass is 16.4. The number of aliphatic carboxylic acids is 1. The summed E-state index contributed by atoms with van der Waals surface area (Å²) in [6.07, 6.45) is 0. The first-order chi connectivity index (χ1) is 9.02. The van der Waals surface area contributed by atoms with Crippen molar-refractivity contribution in [2.45, 2.75) is 12.1 Å². The van der Waals surface area contributed by atoms with Crippen LogP contribution in [-0.2, 0) is 4.79 Å². The molecule has 3 N–H and O–H groups in total. The summed E-state index contributed by atoms with van der Waals surface area (Å²) < 4.78 is 0. The number of carboxylic acids is 1. The molecule has 4 nitrogen and oxygen atoms in total. The molecule has 4 heteroatoms. The fourth-order valence-electron chi connectivity index (χ4n) is 2.44. The molecule has 2 aromatic carbocycles. The molecule has 19 heavy (non-hydrogen) atoms. The standard InChI is InChI=1S/C15H18N2O2/c1-17(2)14(13(16)15(18)19)12-9-5-7-10-6-3-4-8-11(10)12/h3-9,13-14H,16H2,1-2H3,(H,18,19). The van der Waals surface area contributed by atoms with E-state index in [1.54, 1.807) is 0 Å². The van der Waals surface area contributed by atoms with Crippen LogP contribution in [0.25, 0.3) is 10.8 Å². The predicted octanol–water partition coefficient (Wildman–Crippen LogP) is 1.85. The molecule has 0 bridgehead atoms. The molecule has 2 unspecified atom stereocenters. The highest BCUT2D eigenvalue weighted by Gasteiger charge is 2.28. The second-order valence-electron chi connectivity index (χ2n) is 4.84. The van der Waals surface area contributed by atoms with Crippen LogP contribution in [0.15, 0.2) is 42.5 Å².